The van der Waals surface area contributed by atoms with Crippen molar-refractivity contribution in [2.24, 2.45) is 0 Å². The van der Waals surface area contributed by atoms with Gasteiger partial charge in [0.1, 0.15) is 18.8 Å². The van der Waals surface area contributed by atoms with Crippen LogP contribution >= 0.6 is 15.9 Å². The van der Waals surface area contributed by atoms with Crippen molar-refractivity contribution in [3.05, 3.63) is 47.2 Å². The maximum atomic E-state index is 12.0. The third kappa shape index (κ3) is 8.05. The topological polar surface area (TPSA) is 106 Å². The molecule has 3 aromatic rings. The van der Waals surface area contributed by atoms with Gasteiger partial charge >= 0.3 is 5.97 Å². The largest absolute Gasteiger partial charge is 0.493 e. The number of benzene rings is 2. The summed E-state index contributed by atoms with van der Waals surface area (Å²) in [6, 6.07) is 11.4. The number of aromatic nitrogens is 2. The summed E-state index contributed by atoms with van der Waals surface area (Å²) in [6.45, 7) is 6.46. The first-order chi connectivity index (χ1) is 16.7. The molecule has 10 heteroatoms. The Balaban J connectivity index is 1.79. The number of anilines is 2. The average Bonchev–Trinajstić information content (AvgIpc) is 2.78. The molecule has 2 aromatic carbocycles. The van der Waals surface area contributed by atoms with Gasteiger partial charge in [0.2, 0.25) is 0 Å². The van der Waals surface area contributed by atoms with Crippen molar-refractivity contribution < 1.29 is 24.1 Å². The molecule has 0 aliphatic rings. The van der Waals surface area contributed by atoms with E-state index in [1.54, 1.807) is 38.8 Å². The fourth-order valence-corrected chi connectivity index (χ4v) is 3.97. The Bertz CT molecular complexity index is 1150. The van der Waals surface area contributed by atoms with Crippen LogP contribution in [0, 0.1) is 0 Å². The van der Waals surface area contributed by atoms with Crippen LogP contribution < -0.4 is 14.8 Å². The molecule has 9 nitrogen and oxygen atoms in total. The van der Waals surface area contributed by atoms with Crippen molar-refractivity contribution in [3.63, 3.8) is 0 Å². The second-order valence-corrected chi connectivity index (χ2v) is 9.47. The predicted octanol–water partition coefficient (Wildman–Crippen LogP) is 4.16. The summed E-state index contributed by atoms with van der Waals surface area (Å²) >= 11 is 3.48. The highest BCUT2D eigenvalue weighted by Gasteiger charge is 2.21. The maximum absolute atomic E-state index is 12.0. The number of hydrogen-bond donors (Lipinski definition) is 2. The van der Waals surface area contributed by atoms with Crippen molar-refractivity contribution in [2.75, 3.05) is 45.3 Å². The number of rotatable bonds is 12. The molecule has 1 aromatic heterocycles. The highest BCUT2D eigenvalue weighted by molar-refractivity contribution is 9.10. The van der Waals surface area contributed by atoms with Crippen molar-refractivity contribution in [3.8, 4) is 11.5 Å². The number of carbonyl (C=O) groups excluding carboxylic acids is 1. The Hall–Kier alpha value is -2.95. The van der Waals surface area contributed by atoms with E-state index < -0.39 is 5.60 Å². The number of aliphatic hydroxyl groups is 1. The van der Waals surface area contributed by atoms with Crippen LogP contribution in [0.5, 0.6) is 11.5 Å². The van der Waals surface area contributed by atoms with Crippen molar-refractivity contribution in [2.45, 2.75) is 26.4 Å². The van der Waals surface area contributed by atoms with E-state index in [9.17, 15) is 9.90 Å². The Morgan fingerprint density at radius 3 is 2.69 bits per heavy atom. The number of nitrogens with zero attached hydrogens (tertiary/aromatic N) is 3. The SMILES string of the molecule is CCOC(=O)CN(CCOc1cc2c(Nc3cccc(Br)c3)ncnc2cc1OC)CC(C)(C)O. The second kappa shape index (κ2) is 12.1. The van der Waals surface area contributed by atoms with E-state index in [1.165, 1.54) is 6.33 Å². The van der Waals surface area contributed by atoms with Crippen molar-refractivity contribution in [1.82, 2.24) is 14.9 Å². The smallest absolute Gasteiger partial charge is 0.320 e. The third-order valence-electron chi connectivity index (χ3n) is 4.94. The van der Waals surface area contributed by atoms with Gasteiger partial charge in [0.15, 0.2) is 11.5 Å². The fraction of sp³-hybridized carbons (Fsp3) is 0.400. The monoisotopic (exact) mass is 546 g/mol. The standard InChI is InChI=1S/C25H31BrN4O5/c1-5-34-23(31)14-30(15-25(2,3)32)9-10-35-22-12-19-20(13-21(22)33-4)27-16-28-24(19)29-18-8-6-7-17(26)11-18/h6-8,11-13,16,32H,5,9-10,14-15H2,1-4H3,(H,27,28,29). The van der Waals surface area contributed by atoms with E-state index in [0.29, 0.717) is 42.5 Å². The van der Waals surface area contributed by atoms with Crippen LogP contribution in [0.3, 0.4) is 0 Å². The Morgan fingerprint density at radius 1 is 1.20 bits per heavy atom. The summed E-state index contributed by atoms with van der Waals surface area (Å²) in [4.78, 5) is 22.6. The molecule has 0 atom stereocenters. The van der Waals surface area contributed by atoms with Gasteiger partial charge < -0.3 is 24.6 Å². The number of fused-ring (bicyclic) bond motifs is 1. The van der Waals surface area contributed by atoms with E-state index in [-0.39, 0.29) is 19.1 Å². The van der Waals surface area contributed by atoms with Crippen LogP contribution in [0.15, 0.2) is 47.2 Å². The molecule has 2 N–H and O–H groups in total. The quantitative estimate of drug-likeness (QED) is 0.324. The predicted molar refractivity (Wildman–Crippen MR) is 138 cm³/mol. The van der Waals surface area contributed by atoms with Gasteiger partial charge in [-0.3, -0.25) is 9.69 Å². The van der Waals surface area contributed by atoms with Gasteiger partial charge in [-0.15, -0.1) is 0 Å². The molecule has 0 fully saturated rings. The first-order valence-electron chi connectivity index (χ1n) is 11.3. The minimum absolute atomic E-state index is 0.0601. The summed E-state index contributed by atoms with van der Waals surface area (Å²) in [5, 5.41) is 14.3. The summed E-state index contributed by atoms with van der Waals surface area (Å²) in [7, 11) is 1.57. The molecule has 0 saturated carbocycles. The maximum Gasteiger partial charge on any atom is 0.320 e. The van der Waals surface area contributed by atoms with Gasteiger partial charge in [-0.2, -0.15) is 0 Å². The zero-order valence-corrected chi connectivity index (χ0v) is 22.0. The fourth-order valence-electron chi connectivity index (χ4n) is 3.57. The van der Waals surface area contributed by atoms with Crippen molar-refractivity contribution in [1.29, 1.82) is 0 Å². The number of esters is 1. The molecule has 0 bridgehead atoms. The molecule has 0 radical (unpaired) electrons. The minimum atomic E-state index is -0.975. The Morgan fingerprint density at radius 2 is 2.00 bits per heavy atom. The number of ether oxygens (including phenoxy) is 3. The Labute approximate surface area is 213 Å². The van der Waals surface area contributed by atoms with Crippen LogP contribution in [0.25, 0.3) is 10.9 Å². The van der Waals surface area contributed by atoms with Gasteiger partial charge in [0, 0.05) is 34.7 Å². The van der Waals surface area contributed by atoms with E-state index in [4.69, 9.17) is 14.2 Å². The molecule has 188 valence electrons. The van der Waals surface area contributed by atoms with E-state index >= 15 is 0 Å². The number of nitrogens with one attached hydrogen (secondary N) is 1. The molecule has 0 aliphatic heterocycles. The van der Waals surface area contributed by atoms with Crippen LogP contribution in [-0.2, 0) is 9.53 Å². The number of halogens is 1. The zero-order valence-electron chi connectivity index (χ0n) is 20.4. The van der Waals surface area contributed by atoms with Gasteiger partial charge in [-0.1, -0.05) is 22.0 Å². The molecular formula is C25H31BrN4O5. The van der Waals surface area contributed by atoms with Crippen LogP contribution in [-0.4, -0.2) is 71.5 Å². The van der Waals surface area contributed by atoms with Gasteiger partial charge in [0.25, 0.3) is 0 Å². The van der Waals surface area contributed by atoms with Gasteiger partial charge in [-0.25, -0.2) is 9.97 Å². The van der Waals surface area contributed by atoms with Gasteiger partial charge in [-0.05, 0) is 45.0 Å². The molecule has 1 heterocycles. The molecule has 0 amide bonds. The van der Waals surface area contributed by atoms with E-state index in [2.05, 4.69) is 31.2 Å². The molecule has 0 saturated heterocycles. The van der Waals surface area contributed by atoms with E-state index in [1.807, 2.05) is 30.3 Å². The third-order valence-corrected chi connectivity index (χ3v) is 5.44. The summed E-state index contributed by atoms with van der Waals surface area (Å²) in [6.07, 6.45) is 1.49. The molecule has 0 aliphatic carbocycles. The summed E-state index contributed by atoms with van der Waals surface area (Å²) in [5.74, 6) is 1.34. The second-order valence-electron chi connectivity index (χ2n) is 8.55. The molecule has 3 rings (SSSR count). The zero-order chi connectivity index (χ0) is 25.4. The normalized spacial score (nSPS) is 11.5. The minimum Gasteiger partial charge on any atom is -0.493 e. The lowest BCUT2D eigenvalue weighted by Crippen LogP contribution is -2.43. The Kier molecular flexibility index (Phi) is 9.25. The summed E-state index contributed by atoms with van der Waals surface area (Å²) < 4.78 is 17.6. The highest BCUT2D eigenvalue weighted by atomic mass is 79.9. The number of carbonyl (C=O) groups is 1. The van der Waals surface area contributed by atoms with Gasteiger partial charge in [0.05, 0.1) is 31.4 Å². The molecule has 0 unspecified atom stereocenters. The lowest BCUT2D eigenvalue weighted by Gasteiger charge is -2.28. The highest BCUT2D eigenvalue weighted by Crippen LogP contribution is 2.35. The first-order valence-corrected chi connectivity index (χ1v) is 12.1. The number of hydrogen-bond acceptors (Lipinski definition) is 9. The van der Waals surface area contributed by atoms with Crippen molar-refractivity contribution >= 4 is 44.3 Å². The van der Waals surface area contributed by atoms with Crippen LogP contribution in [0.1, 0.15) is 20.8 Å². The lowest BCUT2D eigenvalue weighted by atomic mass is 10.1. The lowest BCUT2D eigenvalue weighted by molar-refractivity contribution is -0.145. The average molecular weight is 547 g/mol. The number of methoxy groups -OCH3 is 1. The molecular weight excluding hydrogens is 516 g/mol. The summed E-state index contributed by atoms with van der Waals surface area (Å²) in [5.41, 5.74) is 0.601. The van der Waals surface area contributed by atoms with Crippen LogP contribution in [0.2, 0.25) is 0 Å². The first kappa shape index (κ1) is 26.7. The van der Waals surface area contributed by atoms with E-state index in [0.717, 1.165) is 15.5 Å². The molecule has 0 spiro atoms. The molecule has 35 heavy (non-hydrogen) atoms. The van der Waals surface area contributed by atoms with Crippen LogP contribution in [0.4, 0.5) is 11.5 Å².